The molecule has 0 saturated heterocycles. The van der Waals surface area contributed by atoms with Crippen molar-refractivity contribution in [3.05, 3.63) is 30.3 Å². The summed E-state index contributed by atoms with van der Waals surface area (Å²) in [5, 5.41) is 22.0. The van der Waals surface area contributed by atoms with E-state index in [4.69, 9.17) is 10.2 Å². The van der Waals surface area contributed by atoms with Gasteiger partial charge in [0.05, 0.1) is 0 Å². The van der Waals surface area contributed by atoms with Crippen LogP contribution in [0.2, 0.25) is 0 Å². The summed E-state index contributed by atoms with van der Waals surface area (Å²) in [6, 6.07) is 8.47. The van der Waals surface area contributed by atoms with Crippen LogP contribution in [0.1, 0.15) is 0 Å². The number of hydrogen-bond acceptors (Lipinski definition) is 4. The van der Waals surface area contributed by atoms with Crippen molar-refractivity contribution in [3.8, 4) is 0 Å². The Morgan fingerprint density at radius 3 is 2.05 bits per heavy atom. The Morgan fingerprint density at radius 2 is 1.67 bits per heavy atom. The molecule has 9 heteroatoms. The molecule has 0 fully saturated rings. The Kier molecular flexibility index (Phi) is 7.18. The van der Waals surface area contributed by atoms with Crippen LogP contribution in [0.5, 0.6) is 0 Å². The van der Waals surface area contributed by atoms with Crippen LogP contribution in [-0.4, -0.2) is 41.0 Å². The molecule has 1 rings (SSSR count). The normalized spacial score (nSPS) is 9.95. The number of carboxylic acids is 2. The fourth-order valence-electron chi connectivity index (χ4n) is 1.46. The first-order valence-electron chi connectivity index (χ1n) is 5.34. The van der Waals surface area contributed by atoms with E-state index in [1.807, 2.05) is 10.6 Å². The SMILES string of the molecule is CNC(=O)C(C(=O)O)(C(=O)O)C(=O)Nc1[c-]cccc1.[Y]. The van der Waals surface area contributed by atoms with Gasteiger partial charge in [0.2, 0.25) is 0 Å². The average molecular weight is 368 g/mol. The van der Waals surface area contributed by atoms with Crippen molar-refractivity contribution < 1.29 is 62.1 Å². The number of rotatable bonds is 5. The van der Waals surface area contributed by atoms with Crippen molar-refractivity contribution in [1.29, 1.82) is 0 Å². The minimum Gasteiger partial charge on any atom is -0.480 e. The van der Waals surface area contributed by atoms with E-state index >= 15 is 0 Å². The van der Waals surface area contributed by atoms with Gasteiger partial charge < -0.3 is 20.8 Å². The first kappa shape index (κ1) is 19.2. The number of amides is 2. The van der Waals surface area contributed by atoms with Crippen molar-refractivity contribution in [2.24, 2.45) is 5.41 Å². The van der Waals surface area contributed by atoms with E-state index in [-0.39, 0.29) is 38.4 Å². The van der Waals surface area contributed by atoms with Crippen molar-refractivity contribution in [3.63, 3.8) is 0 Å². The third-order valence-electron chi connectivity index (χ3n) is 2.51. The summed E-state index contributed by atoms with van der Waals surface area (Å²) in [6.07, 6.45) is 0. The minimum atomic E-state index is -3.27. The molecule has 8 nitrogen and oxygen atoms in total. The summed E-state index contributed by atoms with van der Waals surface area (Å²) in [7, 11) is 1.03. The number of carboxylic acid groups (broad SMARTS) is 2. The molecule has 1 aromatic rings. The molecule has 0 heterocycles. The maximum atomic E-state index is 12.0. The molecule has 0 aliphatic heterocycles. The Balaban J connectivity index is 0.00000400. The van der Waals surface area contributed by atoms with Gasteiger partial charge in [0.25, 0.3) is 11.8 Å². The fraction of sp³-hybridized carbons (Fsp3) is 0.167. The fourth-order valence-corrected chi connectivity index (χ4v) is 1.46. The number of hydrogen-bond donors (Lipinski definition) is 4. The van der Waals surface area contributed by atoms with E-state index in [0.717, 1.165) is 7.05 Å². The van der Waals surface area contributed by atoms with E-state index in [1.165, 1.54) is 18.2 Å². The molecular formula is C12H11N2O6Y-. The Labute approximate surface area is 144 Å². The topological polar surface area (TPSA) is 133 Å². The second-order valence-electron chi connectivity index (χ2n) is 3.67. The molecule has 0 saturated carbocycles. The molecule has 1 aromatic carbocycles. The van der Waals surface area contributed by atoms with Crippen LogP contribution in [0.25, 0.3) is 0 Å². The molecule has 1 radical (unpaired) electrons. The summed E-state index contributed by atoms with van der Waals surface area (Å²) >= 11 is 0. The summed E-state index contributed by atoms with van der Waals surface area (Å²) in [6.45, 7) is 0. The van der Waals surface area contributed by atoms with Gasteiger partial charge in [-0.05, 0) is 0 Å². The minimum absolute atomic E-state index is 0. The standard InChI is InChI=1S/C12H11N2O6.Y/c1-13-8(15)12(10(17)18,11(19)20)9(16)14-7-5-3-2-4-6-7;/h2-5H,1H3,(H,13,15)(H,14,16)(H,17,18)(H,19,20);/q-1;. The van der Waals surface area contributed by atoms with E-state index < -0.39 is 29.2 Å². The molecule has 0 spiro atoms. The molecule has 0 unspecified atom stereocenters. The number of carbonyl (C=O) groups excluding carboxylic acids is 2. The van der Waals surface area contributed by atoms with Gasteiger partial charge in [-0.1, -0.05) is 5.69 Å². The van der Waals surface area contributed by atoms with Gasteiger partial charge in [-0.15, -0.1) is 6.07 Å². The molecular weight excluding hydrogens is 357 g/mol. The van der Waals surface area contributed by atoms with Gasteiger partial charge in [0, 0.05) is 39.8 Å². The molecule has 0 bridgehead atoms. The predicted octanol–water partition coefficient (Wildman–Crippen LogP) is -0.676. The second kappa shape index (κ2) is 7.85. The summed E-state index contributed by atoms with van der Waals surface area (Å²) in [4.78, 5) is 45.9. The monoisotopic (exact) mass is 368 g/mol. The van der Waals surface area contributed by atoms with Gasteiger partial charge in [-0.25, -0.2) is 9.59 Å². The largest absolute Gasteiger partial charge is 0.480 e. The van der Waals surface area contributed by atoms with Crippen LogP contribution in [-0.2, 0) is 51.9 Å². The van der Waals surface area contributed by atoms with Gasteiger partial charge in [-0.3, -0.25) is 9.59 Å². The van der Waals surface area contributed by atoms with Crippen molar-refractivity contribution in [2.75, 3.05) is 12.4 Å². The van der Waals surface area contributed by atoms with Crippen LogP contribution in [0.4, 0.5) is 5.69 Å². The van der Waals surface area contributed by atoms with Gasteiger partial charge >= 0.3 is 17.4 Å². The van der Waals surface area contributed by atoms with Crippen LogP contribution in [0, 0.1) is 11.5 Å². The van der Waals surface area contributed by atoms with Crippen molar-refractivity contribution in [2.45, 2.75) is 0 Å². The molecule has 109 valence electrons. The first-order valence-corrected chi connectivity index (χ1v) is 5.34. The van der Waals surface area contributed by atoms with Gasteiger partial charge in [0.1, 0.15) is 0 Å². The van der Waals surface area contributed by atoms with Crippen LogP contribution < -0.4 is 10.6 Å². The second-order valence-corrected chi connectivity index (χ2v) is 3.67. The van der Waals surface area contributed by atoms with Gasteiger partial charge in [-0.2, -0.15) is 24.3 Å². The first-order chi connectivity index (χ1) is 9.37. The Morgan fingerprint density at radius 1 is 1.10 bits per heavy atom. The van der Waals surface area contributed by atoms with Crippen LogP contribution >= 0.6 is 0 Å². The molecule has 0 aromatic heterocycles. The van der Waals surface area contributed by atoms with Crippen LogP contribution in [0.3, 0.4) is 0 Å². The number of anilines is 1. The molecule has 0 aliphatic carbocycles. The van der Waals surface area contributed by atoms with Crippen molar-refractivity contribution >= 4 is 29.4 Å². The average Bonchev–Trinajstić information content (AvgIpc) is 2.39. The maximum Gasteiger partial charge on any atom is 0.340 e. The Bertz CT molecular complexity index is 546. The van der Waals surface area contributed by atoms with E-state index in [9.17, 15) is 19.2 Å². The molecule has 2 amide bonds. The predicted molar refractivity (Wildman–Crippen MR) is 65.7 cm³/mol. The maximum absolute atomic E-state index is 12.0. The number of aliphatic carboxylic acids is 2. The third-order valence-corrected chi connectivity index (χ3v) is 2.51. The Hall–Kier alpha value is -1.80. The number of benzene rings is 1. The zero-order chi connectivity index (χ0) is 15.3. The smallest absolute Gasteiger partial charge is 0.340 e. The van der Waals surface area contributed by atoms with E-state index in [2.05, 4.69) is 6.07 Å². The zero-order valence-electron chi connectivity index (χ0n) is 10.9. The summed E-state index contributed by atoms with van der Waals surface area (Å²) in [5.41, 5.74) is -3.22. The van der Waals surface area contributed by atoms with Crippen LogP contribution in [0.15, 0.2) is 24.3 Å². The molecule has 21 heavy (non-hydrogen) atoms. The number of nitrogens with one attached hydrogen (secondary N) is 2. The molecule has 4 N–H and O–H groups in total. The summed E-state index contributed by atoms with van der Waals surface area (Å²) < 4.78 is 0. The van der Waals surface area contributed by atoms with E-state index in [1.54, 1.807) is 6.07 Å². The molecule has 0 atom stereocenters. The third kappa shape index (κ3) is 3.65. The summed E-state index contributed by atoms with van der Waals surface area (Å²) in [5.74, 6) is -7.11. The number of carbonyl (C=O) groups is 4. The van der Waals surface area contributed by atoms with Gasteiger partial charge in [0.15, 0.2) is 0 Å². The quantitative estimate of drug-likeness (QED) is 0.402. The molecule has 0 aliphatic rings. The zero-order valence-corrected chi connectivity index (χ0v) is 13.8. The van der Waals surface area contributed by atoms with E-state index in [0.29, 0.717) is 0 Å². The van der Waals surface area contributed by atoms with Crippen molar-refractivity contribution in [1.82, 2.24) is 5.32 Å². The number of para-hydroxylation sites is 1.